The van der Waals surface area contributed by atoms with E-state index in [1.165, 1.54) is 11.6 Å². The van der Waals surface area contributed by atoms with Crippen LogP contribution in [0.5, 0.6) is 11.5 Å². The summed E-state index contributed by atoms with van der Waals surface area (Å²) in [5.74, 6) is -0.154. The van der Waals surface area contributed by atoms with Crippen molar-refractivity contribution in [2.24, 2.45) is 0 Å². The second kappa shape index (κ2) is 9.09. The molecule has 32 heavy (non-hydrogen) atoms. The summed E-state index contributed by atoms with van der Waals surface area (Å²) in [4.78, 5) is 38.1. The summed E-state index contributed by atoms with van der Waals surface area (Å²) >= 11 is 0. The van der Waals surface area contributed by atoms with Crippen molar-refractivity contribution in [1.29, 1.82) is 0 Å². The monoisotopic (exact) mass is 437 g/mol. The van der Waals surface area contributed by atoms with Gasteiger partial charge in [0.1, 0.15) is 13.2 Å². The molecule has 2 aromatic carbocycles. The zero-order valence-electron chi connectivity index (χ0n) is 17.8. The van der Waals surface area contributed by atoms with Crippen LogP contribution in [0.3, 0.4) is 0 Å². The van der Waals surface area contributed by atoms with E-state index < -0.39 is 18.0 Å². The third kappa shape index (κ3) is 4.27. The lowest BCUT2D eigenvalue weighted by atomic mass is 10.1. The molecular formula is C23H23N3O6. The molecule has 0 fully saturated rings. The van der Waals surface area contributed by atoms with Gasteiger partial charge in [-0.05, 0) is 31.5 Å². The van der Waals surface area contributed by atoms with Crippen LogP contribution in [0.1, 0.15) is 30.8 Å². The van der Waals surface area contributed by atoms with E-state index >= 15 is 0 Å². The maximum Gasteiger partial charge on any atom is 0.360 e. The highest BCUT2D eigenvalue weighted by Crippen LogP contribution is 2.32. The Hall–Kier alpha value is -3.88. The lowest BCUT2D eigenvalue weighted by molar-refractivity contribution is -0.123. The Bertz CT molecular complexity index is 1240. The molecule has 1 aliphatic rings. The van der Waals surface area contributed by atoms with E-state index in [9.17, 15) is 14.4 Å². The van der Waals surface area contributed by atoms with Gasteiger partial charge in [0, 0.05) is 23.7 Å². The molecule has 4 rings (SSSR count). The van der Waals surface area contributed by atoms with Crippen LogP contribution in [-0.4, -0.2) is 41.0 Å². The molecule has 166 valence electrons. The molecule has 0 bridgehead atoms. The van der Waals surface area contributed by atoms with Gasteiger partial charge in [0.15, 0.2) is 23.3 Å². The molecule has 1 aromatic heterocycles. The fourth-order valence-electron chi connectivity index (χ4n) is 3.38. The number of aryl methyl sites for hydroxylation is 1. The maximum absolute atomic E-state index is 12.9. The minimum atomic E-state index is -1.09. The second-order valence-corrected chi connectivity index (χ2v) is 7.32. The summed E-state index contributed by atoms with van der Waals surface area (Å²) in [6.07, 6.45) is -0.420. The summed E-state index contributed by atoms with van der Waals surface area (Å²) in [7, 11) is 0. The minimum Gasteiger partial charge on any atom is -0.486 e. The molecule has 1 amide bonds. The first-order chi connectivity index (χ1) is 15.5. The molecule has 1 unspecified atom stereocenters. The van der Waals surface area contributed by atoms with E-state index in [0.29, 0.717) is 54.1 Å². The number of carbonyl (C=O) groups excluding carboxylic acids is 2. The molecule has 0 radical (unpaired) electrons. The number of amides is 1. The van der Waals surface area contributed by atoms with Gasteiger partial charge in [0.05, 0.1) is 5.39 Å². The van der Waals surface area contributed by atoms with Gasteiger partial charge in [0.2, 0.25) is 0 Å². The summed E-state index contributed by atoms with van der Waals surface area (Å²) < 4.78 is 17.6. The number of carbonyl (C=O) groups is 2. The Morgan fingerprint density at radius 1 is 1.12 bits per heavy atom. The lowest BCUT2D eigenvalue weighted by Gasteiger charge is -2.19. The fourth-order valence-corrected chi connectivity index (χ4v) is 3.38. The molecule has 2 heterocycles. The minimum absolute atomic E-state index is 0.00682. The van der Waals surface area contributed by atoms with Crippen molar-refractivity contribution in [1.82, 2.24) is 9.78 Å². The average molecular weight is 437 g/mol. The first-order valence-electron chi connectivity index (χ1n) is 10.4. The van der Waals surface area contributed by atoms with Gasteiger partial charge in [-0.3, -0.25) is 9.59 Å². The predicted octanol–water partition coefficient (Wildman–Crippen LogP) is 2.76. The Labute approximate surface area is 183 Å². The first-order valence-corrected chi connectivity index (χ1v) is 10.4. The van der Waals surface area contributed by atoms with Gasteiger partial charge >= 0.3 is 5.97 Å². The molecule has 0 aliphatic carbocycles. The molecule has 0 spiro atoms. The number of esters is 1. The first kappa shape index (κ1) is 21.4. The number of rotatable bonds is 6. The van der Waals surface area contributed by atoms with E-state index in [4.69, 9.17) is 14.2 Å². The largest absolute Gasteiger partial charge is 0.486 e. The number of hydrogen-bond acceptors (Lipinski definition) is 7. The smallest absolute Gasteiger partial charge is 0.360 e. The van der Waals surface area contributed by atoms with Gasteiger partial charge in [-0.2, -0.15) is 5.10 Å². The van der Waals surface area contributed by atoms with Gasteiger partial charge in [-0.1, -0.05) is 25.1 Å². The van der Waals surface area contributed by atoms with Crippen molar-refractivity contribution < 1.29 is 23.8 Å². The Morgan fingerprint density at radius 3 is 2.59 bits per heavy atom. The maximum atomic E-state index is 12.9. The lowest BCUT2D eigenvalue weighted by Crippen LogP contribution is -2.32. The number of nitrogens with zero attached hydrogens (tertiary/aromatic N) is 2. The Kier molecular flexibility index (Phi) is 6.07. The van der Waals surface area contributed by atoms with E-state index in [-0.39, 0.29) is 11.3 Å². The highest BCUT2D eigenvalue weighted by atomic mass is 16.6. The van der Waals surface area contributed by atoms with Crippen LogP contribution < -0.4 is 20.3 Å². The van der Waals surface area contributed by atoms with Crippen LogP contribution in [0.2, 0.25) is 0 Å². The second-order valence-electron chi connectivity index (χ2n) is 7.32. The van der Waals surface area contributed by atoms with Gasteiger partial charge in [-0.15, -0.1) is 0 Å². The zero-order chi connectivity index (χ0) is 22.7. The average Bonchev–Trinajstić information content (AvgIpc) is 2.80. The fraction of sp³-hybridized carbons (Fsp3) is 0.304. The third-order valence-corrected chi connectivity index (χ3v) is 4.96. The summed E-state index contributed by atoms with van der Waals surface area (Å²) in [5, 5.41) is 7.66. The van der Waals surface area contributed by atoms with Crippen molar-refractivity contribution in [2.45, 2.75) is 32.9 Å². The van der Waals surface area contributed by atoms with Gasteiger partial charge in [0.25, 0.3) is 11.5 Å². The number of hydrogen-bond donors (Lipinski definition) is 1. The number of nitrogens with one attached hydrogen (secondary N) is 1. The molecule has 0 saturated carbocycles. The van der Waals surface area contributed by atoms with Crippen molar-refractivity contribution in [3.63, 3.8) is 0 Å². The van der Waals surface area contributed by atoms with Crippen LogP contribution in [0.15, 0.2) is 47.3 Å². The van der Waals surface area contributed by atoms with Gasteiger partial charge < -0.3 is 19.5 Å². The van der Waals surface area contributed by atoms with Crippen LogP contribution in [-0.2, 0) is 16.1 Å². The molecule has 1 atom stereocenters. The SMILES string of the molecule is CCCn1nc(C(=O)OC(C)C(=O)Nc2ccc3c(c2)OCCO3)c2ccccc2c1=O. The highest BCUT2D eigenvalue weighted by molar-refractivity contribution is 6.03. The van der Waals surface area contributed by atoms with Crippen molar-refractivity contribution in [3.8, 4) is 11.5 Å². The zero-order valence-corrected chi connectivity index (χ0v) is 17.8. The number of benzene rings is 2. The van der Waals surface area contributed by atoms with Crippen molar-refractivity contribution in [3.05, 3.63) is 58.5 Å². The third-order valence-electron chi connectivity index (χ3n) is 4.96. The normalized spacial score (nSPS) is 13.4. The standard InChI is InChI=1S/C23H23N3O6/c1-3-10-26-22(28)17-7-5-4-6-16(17)20(25-26)23(29)32-14(2)21(27)24-15-8-9-18-19(13-15)31-12-11-30-18/h4-9,13-14H,3,10-12H2,1-2H3,(H,24,27). The van der Waals surface area contributed by atoms with Crippen LogP contribution >= 0.6 is 0 Å². The molecule has 1 N–H and O–H groups in total. The Balaban J connectivity index is 1.52. The van der Waals surface area contributed by atoms with Crippen LogP contribution in [0.25, 0.3) is 10.8 Å². The highest BCUT2D eigenvalue weighted by Gasteiger charge is 2.24. The van der Waals surface area contributed by atoms with E-state index in [0.717, 1.165) is 0 Å². The summed E-state index contributed by atoms with van der Waals surface area (Å²) in [6.45, 7) is 4.64. The number of fused-ring (bicyclic) bond motifs is 2. The molecular weight excluding hydrogens is 414 g/mol. The van der Waals surface area contributed by atoms with E-state index in [1.54, 1.807) is 42.5 Å². The van der Waals surface area contributed by atoms with Gasteiger partial charge in [-0.25, -0.2) is 9.48 Å². The quantitative estimate of drug-likeness (QED) is 0.591. The number of anilines is 1. The summed E-state index contributed by atoms with van der Waals surface area (Å²) in [5.41, 5.74) is 0.207. The molecule has 9 nitrogen and oxygen atoms in total. The summed E-state index contributed by atoms with van der Waals surface area (Å²) in [6, 6.07) is 11.7. The van der Waals surface area contributed by atoms with E-state index in [2.05, 4.69) is 10.4 Å². The van der Waals surface area contributed by atoms with Crippen molar-refractivity contribution in [2.75, 3.05) is 18.5 Å². The molecule has 0 saturated heterocycles. The topological polar surface area (TPSA) is 109 Å². The van der Waals surface area contributed by atoms with Crippen LogP contribution in [0.4, 0.5) is 5.69 Å². The van der Waals surface area contributed by atoms with E-state index in [1.807, 2.05) is 6.92 Å². The molecule has 9 heteroatoms. The van der Waals surface area contributed by atoms with Crippen molar-refractivity contribution >= 4 is 28.3 Å². The molecule has 3 aromatic rings. The predicted molar refractivity (Wildman–Crippen MR) is 117 cm³/mol. The number of ether oxygens (including phenoxy) is 3. The number of aromatic nitrogens is 2. The van der Waals surface area contributed by atoms with Crippen LogP contribution in [0, 0.1) is 0 Å². The Morgan fingerprint density at radius 2 is 1.84 bits per heavy atom. The molecule has 1 aliphatic heterocycles.